The highest BCUT2D eigenvalue weighted by Crippen LogP contribution is 2.34. The van der Waals surface area contributed by atoms with Crippen molar-refractivity contribution in [3.05, 3.63) is 23.8 Å². The molecular weight excluding hydrogens is 318 g/mol. The molecule has 136 valence electrons. The smallest absolute Gasteiger partial charge is 0.319 e. The summed E-state index contributed by atoms with van der Waals surface area (Å²) in [5.41, 5.74) is 2.72. The number of ether oxygens (including phenoxy) is 1. The zero-order valence-corrected chi connectivity index (χ0v) is 14.8. The summed E-state index contributed by atoms with van der Waals surface area (Å²) in [6.07, 6.45) is 5.17. The van der Waals surface area contributed by atoms with E-state index in [0.29, 0.717) is 19.7 Å². The molecule has 0 radical (unpaired) electrons. The molecule has 2 heterocycles. The maximum atomic E-state index is 12.8. The van der Waals surface area contributed by atoms with Crippen LogP contribution in [0.5, 0.6) is 0 Å². The molecule has 0 aliphatic carbocycles. The van der Waals surface area contributed by atoms with Gasteiger partial charge in [0.25, 0.3) is 5.91 Å². The van der Waals surface area contributed by atoms with Gasteiger partial charge in [-0.15, -0.1) is 0 Å². The van der Waals surface area contributed by atoms with Crippen LogP contribution in [0.2, 0.25) is 0 Å². The van der Waals surface area contributed by atoms with Crippen LogP contribution in [0.4, 0.5) is 16.2 Å². The summed E-state index contributed by atoms with van der Waals surface area (Å²) >= 11 is 0. The average molecular weight is 345 g/mol. The number of amides is 3. The lowest BCUT2D eigenvalue weighted by molar-refractivity contribution is -0.127. The third kappa shape index (κ3) is 4.12. The third-order valence-corrected chi connectivity index (χ3v) is 4.79. The maximum Gasteiger partial charge on any atom is 0.319 e. The molecule has 1 atom stereocenters. The van der Waals surface area contributed by atoms with Crippen molar-refractivity contribution in [2.75, 3.05) is 29.9 Å². The summed E-state index contributed by atoms with van der Waals surface area (Å²) in [5, 5.41) is 5.81. The van der Waals surface area contributed by atoms with E-state index >= 15 is 0 Å². The van der Waals surface area contributed by atoms with Gasteiger partial charge in [-0.3, -0.25) is 4.79 Å². The van der Waals surface area contributed by atoms with Gasteiger partial charge in [0, 0.05) is 31.1 Å². The first-order valence-corrected chi connectivity index (χ1v) is 9.30. The van der Waals surface area contributed by atoms with Crippen molar-refractivity contribution in [1.29, 1.82) is 0 Å². The lowest BCUT2D eigenvalue weighted by Gasteiger charge is -2.32. The summed E-state index contributed by atoms with van der Waals surface area (Å²) in [6, 6.07) is 5.56. The molecule has 1 fully saturated rings. The average Bonchev–Trinajstić information content (AvgIpc) is 3.16. The van der Waals surface area contributed by atoms with Crippen LogP contribution in [-0.4, -0.2) is 37.7 Å². The Bertz CT molecular complexity index is 626. The number of nitrogens with one attached hydrogen (secondary N) is 2. The van der Waals surface area contributed by atoms with Crippen LogP contribution in [-0.2, 0) is 16.0 Å². The van der Waals surface area contributed by atoms with Crippen LogP contribution in [0.1, 0.15) is 44.6 Å². The molecule has 0 bridgehead atoms. The summed E-state index contributed by atoms with van der Waals surface area (Å²) in [4.78, 5) is 26.7. The number of fused-ring (bicyclic) bond motifs is 1. The molecule has 25 heavy (non-hydrogen) atoms. The van der Waals surface area contributed by atoms with Gasteiger partial charge in [0.05, 0.1) is 0 Å². The standard InChI is InChI=1S/C19H27N3O3/c1-2-3-11-20-19(24)21-15-8-4-9-16-14(15)7-5-12-22(16)18(23)17-10-6-13-25-17/h4,8-9,17H,2-3,5-7,10-13H2,1H3,(H2,20,21,24)/t17-/m1/s1. The number of urea groups is 1. The Hall–Kier alpha value is -2.08. The van der Waals surface area contributed by atoms with Gasteiger partial charge >= 0.3 is 6.03 Å². The molecule has 3 rings (SSSR count). The van der Waals surface area contributed by atoms with E-state index in [9.17, 15) is 9.59 Å². The van der Waals surface area contributed by atoms with Crippen molar-refractivity contribution in [3.8, 4) is 0 Å². The number of carbonyl (C=O) groups excluding carboxylic acids is 2. The van der Waals surface area contributed by atoms with Gasteiger partial charge in [0.2, 0.25) is 0 Å². The third-order valence-electron chi connectivity index (χ3n) is 4.79. The van der Waals surface area contributed by atoms with Gasteiger partial charge in [-0.05, 0) is 49.8 Å². The van der Waals surface area contributed by atoms with Crippen LogP contribution in [0, 0.1) is 0 Å². The van der Waals surface area contributed by atoms with Crippen LogP contribution < -0.4 is 15.5 Å². The zero-order chi connectivity index (χ0) is 17.6. The highest BCUT2D eigenvalue weighted by molar-refractivity contribution is 5.99. The van der Waals surface area contributed by atoms with Gasteiger partial charge in [-0.2, -0.15) is 0 Å². The van der Waals surface area contributed by atoms with Gasteiger partial charge < -0.3 is 20.3 Å². The molecule has 6 nitrogen and oxygen atoms in total. The molecule has 0 saturated carbocycles. The van der Waals surface area contributed by atoms with Crippen molar-refractivity contribution in [2.45, 2.75) is 51.6 Å². The van der Waals surface area contributed by atoms with E-state index in [1.165, 1.54) is 0 Å². The second kappa shape index (κ2) is 8.34. The molecule has 0 spiro atoms. The molecule has 1 saturated heterocycles. The number of nitrogens with zero attached hydrogens (tertiary/aromatic N) is 1. The Balaban J connectivity index is 1.74. The first-order chi connectivity index (χ1) is 12.2. The summed E-state index contributed by atoms with van der Waals surface area (Å²) in [5.74, 6) is 0.0444. The maximum absolute atomic E-state index is 12.8. The number of anilines is 2. The Morgan fingerprint density at radius 1 is 1.32 bits per heavy atom. The number of unbranched alkanes of at least 4 members (excludes halogenated alkanes) is 1. The lowest BCUT2D eigenvalue weighted by Crippen LogP contribution is -2.42. The van der Waals surface area contributed by atoms with Crippen LogP contribution in [0.15, 0.2) is 18.2 Å². The molecule has 3 amide bonds. The van der Waals surface area contributed by atoms with Gasteiger partial charge in [0.15, 0.2) is 0 Å². The van der Waals surface area contributed by atoms with Crippen molar-refractivity contribution in [2.24, 2.45) is 0 Å². The Morgan fingerprint density at radius 2 is 2.20 bits per heavy atom. The highest BCUT2D eigenvalue weighted by Gasteiger charge is 2.32. The molecule has 0 unspecified atom stereocenters. The monoisotopic (exact) mass is 345 g/mol. The van der Waals surface area contributed by atoms with Crippen LogP contribution in [0.25, 0.3) is 0 Å². The van der Waals surface area contributed by atoms with Gasteiger partial charge in [0.1, 0.15) is 6.10 Å². The lowest BCUT2D eigenvalue weighted by atomic mass is 9.98. The van der Waals surface area contributed by atoms with Crippen LogP contribution >= 0.6 is 0 Å². The fraction of sp³-hybridized carbons (Fsp3) is 0.579. The topological polar surface area (TPSA) is 70.7 Å². The molecule has 0 aromatic heterocycles. The van der Waals surface area contributed by atoms with E-state index in [0.717, 1.165) is 55.5 Å². The van der Waals surface area contributed by atoms with E-state index in [1.807, 2.05) is 23.1 Å². The summed E-state index contributed by atoms with van der Waals surface area (Å²) in [6.45, 7) is 4.13. The van der Waals surface area contributed by atoms with Crippen molar-refractivity contribution >= 4 is 23.3 Å². The fourth-order valence-corrected chi connectivity index (χ4v) is 3.46. The molecule has 2 aliphatic heterocycles. The second-order valence-corrected chi connectivity index (χ2v) is 6.63. The minimum atomic E-state index is -0.320. The number of hydrogen-bond acceptors (Lipinski definition) is 3. The fourth-order valence-electron chi connectivity index (χ4n) is 3.46. The first kappa shape index (κ1) is 17.7. The molecule has 6 heteroatoms. The molecule has 2 aliphatic rings. The second-order valence-electron chi connectivity index (χ2n) is 6.63. The number of carbonyl (C=O) groups is 2. The molecule has 1 aromatic rings. The quantitative estimate of drug-likeness (QED) is 0.806. The highest BCUT2D eigenvalue weighted by atomic mass is 16.5. The minimum Gasteiger partial charge on any atom is -0.368 e. The zero-order valence-electron chi connectivity index (χ0n) is 14.8. The van der Waals surface area contributed by atoms with Gasteiger partial charge in [-0.25, -0.2) is 4.79 Å². The molecule has 2 N–H and O–H groups in total. The van der Waals surface area contributed by atoms with E-state index in [4.69, 9.17) is 4.74 Å². The predicted octanol–water partition coefficient (Wildman–Crippen LogP) is 3.07. The van der Waals surface area contributed by atoms with Crippen molar-refractivity contribution in [3.63, 3.8) is 0 Å². The van der Waals surface area contributed by atoms with E-state index in [-0.39, 0.29) is 18.0 Å². The van der Waals surface area contributed by atoms with E-state index in [1.54, 1.807) is 0 Å². The van der Waals surface area contributed by atoms with Crippen molar-refractivity contribution < 1.29 is 14.3 Å². The summed E-state index contributed by atoms with van der Waals surface area (Å²) < 4.78 is 5.56. The molecular formula is C19H27N3O3. The number of benzene rings is 1. The van der Waals surface area contributed by atoms with Gasteiger partial charge in [-0.1, -0.05) is 19.4 Å². The number of hydrogen-bond donors (Lipinski definition) is 2. The SMILES string of the molecule is CCCCNC(=O)Nc1cccc2c1CCCN2C(=O)[C@H]1CCCO1. The summed E-state index contributed by atoms with van der Waals surface area (Å²) in [7, 11) is 0. The van der Waals surface area contributed by atoms with E-state index in [2.05, 4.69) is 17.6 Å². The largest absolute Gasteiger partial charge is 0.368 e. The van der Waals surface area contributed by atoms with Crippen LogP contribution in [0.3, 0.4) is 0 Å². The first-order valence-electron chi connectivity index (χ1n) is 9.30. The van der Waals surface area contributed by atoms with E-state index < -0.39 is 0 Å². The Labute approximate surface area is 148 Å². The number of rotatable bonds is 5. The predicted molar refractivity (Wildman–Crippen MR) is 98.0 cm³/mol. The Kier molecular flexibility index (Phi) is 5.91. The normalized spacial score (nSPS) is 19.4. The Morgan fingerprint density at radius 3 is 2.96 bits per heavy atom. The van der Waals surface area contributed by atoms with Crippen molar-refractivity contribution in [1.82, 2.24) is 5.32 Å². The minimum absolute atomic E-state index is 0.0444. The molecule has 1 aromatic carbocycles.